The third-order valence-corrected chi connectivity index (χ3v) is 1.33. The van der Waals surface area contributed by atoms with Crippen LogP contribution in [0.15, 0.2) is 23.3 Å². The molecule has 9 heavy (non-hydrogen) atoms. The van der Waals surface area contributed by atoms with Crippen LogP contribution in [-0.2, 0) is 0 Å². The summed E-state index contributed by atoms with van der Waals surface area (Å²) in [6.07, 6.45) is 4.53. The Labute approximate surface area is 58.1 Å². The average molecular weight is 147 g/mol. The number of aliphatic hydroxyl groups is 2. The van der Waals surface area contributed by atoms with Crippen molar-refractivity contribution in [1.29, 1.82) is 0 Å². The summed E-state index contributed by atoms with van der Waals surface area (Å²) in [6, 6.07) is 0. The lowest BCUT2D eigenvalue weighted by Crippen LogP contribution is -2.25. The lowest BCUT2D eigenvalue weighted by molar-refractivity contribution is -0.115. The van der Waals surface area contributed by atoms with E-state index in [1.54, 1.807) is 6.08 Å². The molecule has 1 aliphatic rings. The Hall–Kier alpha value is -0.310. The van der Waals surface area contributed by atoms with Gasteiger partial charge in [0.2, 0.25) is 0 Å². The minimum absolute atomic E-state index is 0.0883. The summed E-state index contributed by atoms with van der Waals surface area (Å²) < 4.78 is 0. The van der Waals surface area contributed by atoms with E-state index in [0.717, 1.165) is 0 Å². The molecule has 0 heterocycles. The largest absolute Gasteiger partial charge is 0.362 e. The summed E-state index contributed by atoms with van der Waals surface area (Å²) in [5.74, 6) is -1.73. The molecule has 0 aromatic carbocycles. The first kappa shape index (κ1) is 6.81. The molecule has 3 heteroatoms. The molecule has 0 aliphatic heterocycles. The highest BCUT2D eigenvalue weighted by atomic mass is 35.5. The monoisotopic (exact) mass is 146 g/mol. The molecule has 2 N–H and O–H groups in total. The summed E-state index contributed by atoms with van der Waals surface area (Å²) >= 11 is 5.49. The van der Waals surface area contributed by atoms with Gasteiger partial charge in [0.25, 0.3) is 0 Å². The lowest BCUT2D eigenvalue weighted by atomic mass is 10.1. The predicted molar refractivity (Wildman–Crippen MR) is 34.9 cm³/mol. The molecule has 2 nitrogen and oxygen atoms in total. The lowest BCUT2D eigenvalue weighted by Gasteiger charge is -2.18. The van der Waals surface area contributed by atoms with Crippen LogP contribution >= 0.6 is 11.6 Å². The number of rotatable bonds is 0. The Kier molecular flexibility index (Phi) is 1.62. The minimum atomic E-state index is -1.73. The second-order valence-electron chi connectivity index (χ2n) is 2.03. The summed E-state index contributed by atoms with van der Waals surface area (Å²) in [5, 5.41) is 18.2. The van der Waals surface area contributed by atoms with E-state index in [-0.39, 0.29) is 6.42 Å². The van der Waals surface area contributed by atoms with Crippen molar-refractivity contribution in [3.8, 4) is 0 Å². The normalized spacial score (nSPS) is 23.7. The van der Waals surface area contributed by atoms with Crippen LogP contribution in [0, 0.1) is 0 Å². The van der Waals surface area contributed by atoms with Gasteiger partial charge in [-0.25, -0.2) is 0 Å². The first-order chi connectivity index (χ1) is 4.10. The summed E-state index contributed by atoms with van der Waals surface area (Å²) in [6.45, 7) is 0. The highest BCUT2D eigenvalue weighted by Crippen LogP contribution is 2.22. The van der Waals surface area contributed by atoms with Gasteiger partial charge in [-0.2, -0.15) is 0 Å². The Balaban J connectivity index is 2.73. The van der Waals surface area contributed by atoms with Gasteiger partial charge in [0.15, 0.2) is 5.79 Å². The zero-order valence-corrected chi connectivity index (χ0v) is 5.47. The molecule has 1 aliphatic carbocycles. The molecule has 0 spiro atoms. The quantitative estimate of drug-likeness (QED) is 0.495. The molecule has 0 unspecified atom stereocenters. The van der Waals surface area contributed by atoms with E-state index in [0.29, 0.717) is 5.03 Å². The molecule has 0 aromatic rings. The molecule has 0 radical (unpaired) electrons. The molecule has 0 amide bonds. The van der Waals surface area contributed by atoms with Gasteiger partial charge in [0.1, 0.15) is 0 Å². The van der Waals surface area contributed by atoms with E-state index in [4.69, 9.17) is 21.8 Å². The molecular weight excluding hydrogens is 140 g/mol. The topological polar surface area (TPSA) is 40.5 Å². The van der Waals surface area contributed by atoms with Gasteiger partial charge in [0.05, 0.1) is 0 Å². The summed E-state index contributed by atoms with van der Waals surface area (Å²) in [4.78, 5) is 0. The Morgan fingerprint density at radius 3 is 2.56 bits per heavy atom. The fourth-order valence-electron chi connectivity index (χ4n) is 0.673. The van der Waals surface area contributed by atoms with E-state index in [1.165, 1.54) is 12.2 Å². The number of hydrogen-bond acceptors (Lipinski definition) is 2. The van der Waals surface area contributed by atoms with Gasteiger partial charge in [-0.05, 0) is 12.2 Å². The standard InChI is InChI=1S/C6H7ClO2/c7-5-2-1-3-6(8,9)4-5/h1-3,8-9H,4H2. The second-order valence-corrected chi connectivity index (χ2v) is 2.51. The average Bonchev–Trinajstić information content (AvgIpc) is 1.60. The summed E-state index contributed by atoms with van der Waals surface area (Å²) in [7, 11) is 0. The molecule has 1 rings (SSSR count). The zero-order chi connectivity index (χ0) is 6.91. The molecule has 0 bridgehead atoms. The van der Waals surface area contributed by atoms with E-state index < -0.39 is 5.79 Å². The van der Waals surface area contributed by atoms with Crippen LogP contribution in [0.2, 0.25) is 0 Å². The molecule has 50 valence electrons. The molecular formula is C6H7ClO2. The van der Waals surface area contributed by atoms with Crippen molar-refractivity contribution in [3.05, 3.63) is 23.3 Å². The SMILES string of the molecule is OC1(O)C=CC=C(Cl)C1. The minimum Gasteiger partial charge on any atom is -0.362 e. The Morgan fingerprint density at radius 1 is 1.56 bits per heavy atom. The van der Waals surface area contributed by atoms with Crippen molar-refractivity contribution in [2.45, 2.75) is 12.2 Å². The van der Waals surface area contributed by atoms with Crippen molar-refractivity contribution in [2.24, 2.45) is 0 Å². The van der Waals surface area contributed by atoms with Crippen LogP contribution in [-0.4, -0.2) is 16.0 Å². The van der Waals surface area contributed by atoms with Crippen molar-refractivity contribution >= 4 is 11.6 Å². The van der Waals surface area contributed by atoms with Gasteiger partial charge in [-0.3, -0.25) is 0 Å². The van der Waals surface area contributed by atoms with Crippen LogP contribution in [0.4, 0.5) is 0 Å². The predicted octanol–water partition coefficient (Wildman–Crippen LogP) is 0.750. The van der Waals surface area contributed by atoms with Gasteiger partial charge < -0.3 is 10.2 Å². The molecule has 0 aromatic heterocycles. The number of halogens is 1. The van der Waals surface area contributed by atoms with Crippen LogP contribution in [0.25, 0.3) is 0 Å². The smallest absolute Gasteiger partial charge is 0.187 e. The van der Waals surface area contributed by atoms with Crippen LogP contribution in [0.5, 0.6) is 0 Å². The molecule has 0 saturated heterocycles. The second kappa shape index (κ2) is 2.14. The highest BCUT2D eigenvalue weighted by molar-refractivity contribution is 6.29. The van der Waals surface area contributed by atoms with Crippen molar-refractivity contribution in [2.75, 3.05) is 0 Å². The third kappa shape index (κ3) is 1.82. The maximum Gasteiger partial charge on any atom is 0.187 e. The maximum absolute atomic E-state index is 8.89. The zero-order valence-electron chi connectivity index (χ0n) is 4.71. The van der Waals surface area contributed by atoms with Gasteiger partial charge in [0, 0.05) is 11.5 Å². The first-order valence-electron chi connectivity index (χ1n) is 2.59. The van der Waals surface area contributed by atoms with E-state index in [9.17, 15) is 0 Å². The number of allylic oxidation sites excluding steroid dienone is 2. The molecule has 0 fully saturated rings. The van der Waals surface area contributed by atoms with E-state index in [1.807, 2.05) is 0 Å². The highest BCUT2D eigenvalue weighted by Gasteiger charge is 2.21. The van der Waals surface area contributed by atoms with Crippen LogP contribution in [0.3, 0.4) is 0 Å². The van der Waals surface area contributed by atoms with Crippen molar-refractivity contribution in [1.82, 2.24) is 0 Å². The van der Waals surface area contributed by atoms with Gasteiger partial charge >= 0.3 is 0 Å². The van der Waals surface area contributed by atoms with Crippen LogP contribution < -0.4 is 0 Å². The first-order valence-corrected chi connectivity index (χ1v) is 2.97. The van der Waals surface area contributed by atoms with Gasteiger partial charge in [-0.15, -0.1) is 0 Å². The third-order valence-electron chi connectivity index (χ3n) is 1.07. The molecule has 0 saturated carbocycles. The van der Waals surface area contributed by atoms with Crippen LogP contribution in [0.1, 0.15) is 6.42 Å². The molecule has 0 atom stereocenters. The number of hydrogen-bond donors (Lipinski definition) is 2. The fraction of sp³-hybridized carbons (Fsp3) is 0.333. The summed E-state index contributed by atoms with van der Waals surface area (Å²) in [5.41, 5.74) is 0. The maximum atomic E-state index is 8.89. The van der Waals surface area contributed by atoms with Crippen molar-refractivity contribution < 1.29 is 10.2 Å². The van der Waals surface area contributed by atoms with E-state index in [2.05, 4.69) is 0 Å². The van der Waals surface area contributed by atoms with Crippen molar-refractivity contribution in [3.63, 3.8) is 0 Å². The fourth-order valence-corrected chi connectivity index (χ4v) is 0.942. The van der Waals surface area contributed by atoms with E-state index >= 15 is 0 Å². The van der Waals surface area contributed by atoms with Gasteiger partial charge in [-0.1, -0.05) is 17.7 Å². The Bertz CT molecular complexity index is 170. The Morgan fingerprint density at radius 2 is 2.22 bits per heavy atom.